The molecule has 2 nitrogen and oxygen atoms in total. The molecule has 2 aromatic carbocycles. The number of thioether (sulfide) groups is 1. The Bertz CT molecular complexity index is 587. The minimum Gasteiger partial charge on any atom is -0.351 e. The quantitative estimate of drug-likeness (QED) is 0.861. The summed E-state index contributed by atoms with van der Waals surface area (Å²) in [5, 5.41) is 5.41. The molecule has 1 N–H and O–H groups in total. The van der Waals surface area contributed by atoms with Crippen LogP contribution in [-0.2, 0) is 4.79 Å². The smallest absolute Gasteiger partial charge is 0.230 e. The molecule has 0 bridgehead atoms. The van der Waals surface area contributed by atoms with Gasteiger partial charge >= 0.3 is 0 Å². The molecule has 0 aliphatic carbocycles. The fourth-order valence-corrected chi connectivity index (χ4v) is 2.60. The number of nitrogens with one attached hydrogen (secondary N) is 1. The van der Waals surface area contributed by atoms with Crippen LogP contribution in [-0.4, -0.2) is 17.2 Å². The van der Waals surface area contributed by atoms with Gasteiger partial charge in [-0.3, -0.25) is 4.79 Å². The Balaban J connectivity index is 2.00. The average molecular weight is 273 g/mol. The summed E-state index contributed by atoms with van der Waals surface area (Å²) in [5.41, 5.74) is -0.166. The van der Waals surface area contributed by atoms with Crippen LogP contribution in [0.4, 0.5) is 0 Å². The zero-order valence-corrected chi connectivity index (χ0v) is 12.4. The summed E-state index contributed by atoms with van der Waals surface area (Å²) in [6.07, 6.45) is 0. The first-order chi connectivity index (χ1) is 8.94. The molecule has 0 saturated carbocycles. The van der Waals surface area contributed by atoms with Crippen LogP contribution >= 0.6 is 11.8 Å². The van der Waals surface area contributed by atoms with Crippen LogP contribution in [0, 0.1) is 0 Å². The van der Waals surface area contributed by atoms with Gasteiger partial charge in [-0.2, -0.15) is 0 Å². The molecule has 0 aliphatic heterocycles. The van der Waals surface area contributed by atoms with Gasteiger partial charge in [-0.15, -0.1) is 11.8 Å². The highest BCUT2D eigenvalue weighted by Gasteiger charge is 2.13. The van der Waals surface area contributed by atoms with Crippen LogP contribution in [0.3, 0.4) is 0 Å². The summed E-state index contributed by atoms with van der Waals surface area (Å²) in [4.78, 5) is 12.9. The number of fused-ring (bicyclic) bond motifs is 1. The van der Waals surface area contributed by atoms with Gasteiger partial charge in [-0.05, 0) is 43.7 Å². The minimum atomic E-state index is -0.166. The van der Waals surface area contributed by atoms with E-state index in [0.717, 1.165) is 4.90 Å². The molecule has 3 heteroatoms. The van der Waals surface area contributed by atoms with Crippen molar-refractivity contribution in [2.24, 2.45) is 0 Å². The van der Waals surface area contributed by atoms with Crippen molar-refractivity contribution in [2.45, 2.75) is 31.2 Å². The van der Waals surface area contributed by atoms with Crippen molar-refractivity contribution < 1.29 is 4.79 Å². The maximum atomic E-state index is 11.8. The zero-order chi connectivity index (χ0) is 13.9. The van der Waals surface area contributed by atoms with Gasteiger partial charge in [0.25, 0.3) is 0 Å². The van der Waals surface area contributed by atoms with Crippen LogP contribution in [0.2, 0.25) is 0 Å². The molecule has 0 fully saturated rings. The van der Waals surface area contributed by atoms with Crippen LogP contribution < -0.4 is 5.32 Å². The van der Waals surface area contributed by atoms with Crippen LogP contribution in [0.5, 0.6) is 0 Å². The third-order valence-electron chi connectivity index (χ3n) is 2.61. The van der Waals surface area contributed by atoms with E-state index in [-0.39, 0.29) is 11.4 Å². The summed E-state index contributed by atoms with van der Waals surface area (Å²) >= 11 is 1.57. The molecule has 0 aliphatic rings. The third-order valence-corrected chi connectivity index (χ3v) is 3.60. The number of carbonyl (C=O) groups is 1. The van der Waals surface area contributed by atoms with E-state index in [9.17, 15) is 4.79 Å². The van der Waals surface area contributed by atoms with Gasteiger partial charge in [-0.25, -0.2) is 0 Å². The van der Waals surface area contributed by atoms with E-state index in [1.165, 1.54) is 10.8 Å². The van der Waals surface area contributed by atoms with E-state index in [4.69, 9.17) is 0 Å². The molecule has 0 heterocycles. The normalized spacial score (nSPS) is 11.5. The summed E-state index contributed by atoms with van der Waals surface area (Å²) in [6, 6.07) is 14.5. The van der Waals surface area contributed by atoms with E-state index < -0.39 is 0 Å². The highest BCUT2D eigenvalue weighted by atomic mass is 32.2. The number of carbonyl (C=O) groups excluding carboxylic acids is 1. The van der Waals surface area contributed by atoms with Gasteiger partial charge in [0.2, 0.25) is 5.91 Å². The first-order valence-corrected chi connectivity index (χ1v) is 7.35. The number of benzene rings is 2. The summed E-state index contributed by atoms with van der Waals surface area (Å²) in [5.74, 6) is 0.529. The number of hydrogen-bond donors (Lipinski definition) is 1. The van der Waals surface area contributed by atoms with Crippen molar-refractivity contribution in [2.75, 3.05) is 5.75 Å². The summed E-state index contributed by atoms with van der Waals surface area (Å²) in [7, 11) is 0. The standard InChI is InChI=1S/C16H19NOS/c1-16(2,3)17-15(18)11-19-14-9-8-12-6-4-5-7-13(12)10-14/h4-10H,11H2,1-3H3,(H,17,18). The minimum absolute atomic E-state index is 0.0747. The molecule has 19 heavy (non-hydrogen) atoms. The first-order valence-electron chi connectivity index (χ1n) is 6.37. The Kier molecular flexibility index (Phi) is 4.15. The molecular weight excluding hydrogens is 254 g/mol. The third kappa shape index (κ3) is 4.28. The number of hydrogen-bond acceptors (Lipinski definition) is 2. The predicted octanol–water partition coefficient (Wildman–Crippen LogP) is 3.85. The Hall–Kier alpha value is -1.48. The molecular formula is C16H19NOS. The zero-order valence-electron chi connectivity index (χ0n) is 11.6. The average Bonchev–Trinajstić information content (AvgIpc) is 2.34. The van der Waals surface area contributed by atoms with Crippen LogP contribution in [0.25, 0.3) is 10.8 Å². The maximum absolute atomic E-state index is 11.8. The fraction of sp³-hybridized carbons (Fsp3) is 0.312. The number of amides is 1. The van der Waals surface area contributed by atoms with Crippen molar-refractivity contribution in [3.05, 3.63) is 42.5 Å². The highest BCUT2D eigenvalue weighted by molar-refractivity contribution is 8.00. The molecule has 100 valence electrons. The molecule has 0 aromatic heterocycles. The second kappa shape index (κ2) is 5.66. The lowest BCUT2D eigenvalue weighted by Gasteiger charge is -2.20. The predicted molar refractivity (Wildman–Crippen MR) is 82.6 cm³/mol. The lowest BCUT2D eigenvalue weighted by molar-refractivity contribution is -0.119. The Labute approximate surface area is 118 Å². The van der Waals surface area contributed by atoms with Gasteiger partial charge in [-0.1, -0.05) is 30.3 Å². The maximum Gasteiger partial charge on any atom is 0.230 e. The van der Waals surface area contributed by atoms with Gasteiger partial charge in [0.15, 0.2) is 0 Å². The van der Waals surface area contributed by atoms with Crippen LogP contribution in [0.15, 0.2) is 47.4 Å². The van der Waals surface area contributed by atoms with Gasteiger partial charge in [0.05, 0.1) is 5.75 Å². The van der Waals surface area contributed by atoms with Crippen LogP contribution in [0.1, 0.15) is 20.8 Å². The van der Waals surface area contributed by atoms with Crippen molar-refractivity contribution in [1.29, 1.82) is 0 Å². The topological polar surface area (TPSA) is 29.1 Å². The van der Waals surface area contributed by atoms with Gasteiger partial charge in [0.1, 0.15) is 0 Å². The van der Waals surface area contributed by atoms with Gasteiger partial charge < -0.3 is 5.32 Å². The molecule has 0 saturated heterocycles. The van der Waals surface area contributed by atoms with E-state index >= 15 is 0 Å². The Morgan fingerprint density at radius 3 is 2.47 bits per heavy atom. The second-order valence-electron chi connectivity index (χ2n) is 5.60. The number of rotatable bonds is 3. The molecule has 0 spiro atoms. The SMILES string of the molecule is CC(C)(C)NC(=O)CSc1ccc2ccccc2c1. The Morgan fingerprint density at radius 2 is 1.79 bits per heavy atom. The fourth-order valence-electron chi connectivity index (χ4n) is 1.86. The summed E-state index contributed by atoms with van der Waals surface area (Å²) in [6.45, 7) is 5.97. The summed E-state index contributed by atoms with van der Waals surface area (Å²) < 4.78 is 0. The van der Waals surface area contributed by atoms with E-state index in [0.29, 0.717) is 5.75 Å². The lowest BCUT2D eigenvalue weighted by Crippen LogP contribution is -2.41. The van der Waals surface area contributed by atoms with Crippen molar-refractivity contribution in [1.82, 2.24) is 5.32 Å². The van der Waals surface area contributed by atoms with Crippen molar-refractivity contribution in [3.63, 3.8) is 0 Å². The highest BCUT2D eigenvalue weighted by Crippen LogP contribution is 2.23. The largest absolute Gasteiger partial charge is 0.351 e. The van der Waals surface area contributed by atoms with E-state index in [1.807, 2.05) is 32.9 Å². The molecule has 1 amide bonds. The molecule has 0 unspecified atom stereocenters. The second-order valence-corrected chi connectivity index (χ2v) is 6.64. The Morgan fingerprint density at radius 1 is 1.11 bits per heavy atom. The molecule has 2 aromatic rings. The molecule has 0 radical (unpaired) electrons. The molecule has 2 rings (SSSR count). The van der Waals surface area contributed by atoms with E-state index in [1.54, 1.807) is 11.8 Å². The monoisotopic (exact) mass is 273 g/mol. The molecule has 0 atom stereocenters. The van der Waals surface area contributed by atoms with Gasteiger partial charge in [0, 0.05) is 10.4 Å². The lowest BCUT2D eigenvalue weighted by atomic mass is 10.1. The first kappa shape index (κ1) is 13.9. The van der Waals surface area contributed by atoms with Crippen molar-refractivity contribution in [3.8, 4) is 0 Å². The van der Waals surface area contributed by atoms with E-state index in [2.05, 4.69) is 35.6 Å². The van der Waals surface area contributed by atoms with Crippen molar-refractivity contribution >= 4 is 28.4 Å².